The number of nitrogens with zero attached hydrogens (tertiary/aromatic N) is 6. The van der Waals surface area contributed by atoms with Crippen LogP contribution in [0.2, 0.25) is 0 Å². The molecule has 266 valence electrons. The topological polar surface area (TPSA) is 78.8 Å². The third-order valence-electron chi connectivity index (χ3n) is 10.1. The predicted molar refractivity (Wildman–Crippen MR) is 189 cm³/mol. The number of likely N-dealkylation sites (N-methyl/N-ethyl adjacent to an activating group) is 1. The third-order valence-corrected chi connectivity index (χ3v) is 11.1. The van der Waals surface area contributed by atoms with Gasteiger partial charge in [0.15, 0.2) is 0 Å². The molecule has 6 rings (SSSR count). The van der Waals surface area contributed by atoms with Crippen molar-refractivity contribution < 1.29 is 22.7 Å². The number of hydrogen-bond acceptors (Lipinski definition) is 8. The minimum atomic E-state index is -4.25. The molecule has 1 amide bonds. The summed E-state index contributed by atoms with van der Waals surface area (Å²) in [6.45, 7) is 14.1. The molecule has 0 aliphatic carbocycles. The summed E-state index contributed by atoms with van der Waals surface area (Å²) in [5.41, 5.74) is 5.09. The van der Waals surface area contributed by atoms with E-state index in [4.69, 9.17) is 4.74 Å². The number of morpholine rings is 1. The lowest BCUT2D eigenvalue weighted by Gasteiger charge is -2.37. The zero-order chi connectivity index (χ0) is 35.0. The number of anilines is 1. The van der Waals surface area contributed by atoms with Crippen LogP contribution < -0.4 is 5.32 Å². The highest BCUT2D eigenvalue weighted by molar-refractivity contribution is 7.18. The summed E-state index contributed by atoms with van der Waals surface area (Å²) in [5.74, 6) is 1.31. The quantitative estimate of drug-likeness (QED) is 0.212. The molecule has 1 aromatic carbocycles. The van der Waals surface area contributed by atoms with Gasteiger partial charge in [0, 0.05) is 93.3 Å². The Labute approximate surface area is 290 Å². The molecule has 5 heterocycles. The first-order valence-electron chi connectivity index (χ1n) is 17.3. The number of likely N-dealkylation sites (tertiary alicyclic amines) is 1. The number of benzene rings is 1. The van der Waals surface area contributed by atoms with E-state index in [0.29, 0.717) is 41.4 Å². The van der Waals surface area contributed by atoms with Crippen LogP contribution in [0.25, 0.3) is 21.1 Å². The second-order valence-corrected chi connectivity index (χ2v) is 15.0. The lowest BCUT2D eigenvalue weighted by molar-refractivity contribution is -0.148. The van der Waals surface area contributed by atoms with Gasteiger partial charge in [0.25, 0.3) is 5.91 Å². The Bertz CT molecular complexity index is 1790. The zero-order valence-corrected chi connectivity index (χ0v) is 30.2. The van der Waals surface area contributed by atoms with Gasteiger partial charge >= 0.3 is 6.18 Å². The van der Waals surface area contributed by atoms with E-state index in [9.17, 15) is 18.0 Å². The molecule has 4 aromatic rings. The summed E-state index contributed by atoms with van der Waals surface area (Å²) >= 11 is 1.11. The largest absolute Gasteiger partial charge is 0.393 e. The van der Waals surface area contributed by atoms with Gasteiger partial charge in [-0.25, -0.2) is 9.97 Å². The van der Waals surface area contributed by atoms with Crippen molar-refractivity contribution in [3.8, 4) is 0 Å². The number of rotatable bonds is 10. The Kier molecular flexibility index (Phi) is 10.5. The van der Waals surface area contributed by atoms with Crippen molar-refractivity contribution in [2.24, 2.45) is 0 Å². The van der Waals surface area contributed by atoms with E-state index in [1.807, 2.05) is 6.92 Å². The average molecular weight is 700 g/mol. The van der Waals surface area contributed by atoms with Gasteiger partial charge in [-0.2, -0.15) is 13.2 Å². The van der Waals surface area contributed by atoms with Gasteiger partial charge in [0.05, 0.1) is 18.4 Å². The maximum Gasteiger partial charge on any atom is 0.393 e. The maximum atomic E-state index is 13.1. The molecule has 1 N–H and O–H groups in total. The van der Waals surface area contributed by atoms with Gasteiger partial charge in [-0.15, -0.1) is 11.3 Å². The van der Waals surface area contributed by atoms with Gasteiger partial charge in [0.2, 0.25) is 0 Å². The van der Waals surface area contributed by atoms with Gasteiger partial charge in [-0.1, -0.05) is 13.0 Å². The molecule has 13 heteroatoms. The van der Waals surface area contributed by atoms with Crippen molar-refractivity contribution in [2.75, 3.05) is 52.2 Å². The number of fused-ring (bicyclic) bond motifs is 2. The standard InChI is InChI=1S/C36H48F3N7O2S/c1-7-32-41-33(29-17-27(18-36(37,38)39)49-34(29)42-32)40-26-10-12-44(13-11-26)20-25-8-9-30-28(24(25)4)16-22(2)46(30)19-23(3)45-14-15-48-31(21-45)35(47)43(5)6/h8-9,16-17,23,26,31H,7,10-15,18-21H2,1-6H3,(H,40,41,42)/t23-,31?/m0/s1. The first-order chi connectivity index (χ1) is 23.3. The van der Waals surface area contributed by atoms with Crippen LogP contribution in [0.1, 0.15) is 54.2 Å². The SMILES string of the molecule is CCc1nc(NC2CCN(Cc3ccc4c(cc(C)n4C[C@H](C)N4CCOC(C(=O)N(C)C)C4)c3C)CC2)c2cc(CC(F)(F)F)sc2n1. The highest BCUT2D eigenvalue weighted by atomic mass is 32.1. The Morgan fingerprint density at radius 1 is 1.12 bits per heavy atom. The molecule has 1 unspecified atom stereocenters. The van der Waals surface area contributed by atoms with Crippen molar-refractivity contribution in [1.82, 2.24) is 29.2 Å². The molecule has 2 atom stereocenters. The molecule has 3 aromatic heterocycles. The van der Waals surface area contributed by atoms with E-state index in [0.717, 1.165) is 56.9 Å². The Hall–Kier alpha value is -3.26. The number of aromatic nitrogens is 3. The summed E-state index contributed by atoms with van der Waals surface area (Å²) in [5, 5.41) is 5.53. The number of aryl methyl sites for hydroxylation is 3. The molecule has 49 heavy (non-hydrogen) atoms. The van der Waals surface area contributed by atoms with Crippen molar-refractivity contribution in [3.05, 3.63) is 51.8 Å². The van der Waals surface area contributed by atoms with Crippen LogP contribution in [0, 0.1) is 13.8 Å². The fourth-order valence-electron chi connectivity index (χ4n) is 7.19. The maximum absolute atomic E-state index is 13.1. The number of alkyl halides is 3. The molecule has 2 aliphatic rings. The second kappa shape index (κ2) is 14.5. The van der Waals surface area contributed by atoms with E-state index in [1.165, 1.54) is 27.7 Å². The Balaban J connectivity index is 1.09. The van der Waals surface area contributed by atoms with E-state index in [1.54, 1.807) is 25.1 Å². The number of hydrogen-bond donors (Lipinski definition) is 1. The predicted octanol–water partition coefficient (Wildman–Crippen LogP) is 6.18. The molecule has 9 nitrogen and oxygen atoms in total. The smallest absolute Gasteiger partial charge is 0.367 e. The summed E-state index contributed by atoms with van der Waals surface area (Å²) in [6, 6.07) is 8.86. The van der Waals surface area contributed by atoms with Crippen molar-refractivity contribution in [2.45, 2.75) is 90.8 Å². The monoisotopic (exact) mass is 699 g/mol. The number of halogens is 3. The van der Waals surface area contributed by atoms with Crippen LogP contribution >= 0.6 is 11.3 Å². The number of piperidine rings is 1. The minimum Gasteiger partial charge on any atom is -0.367 e. The average Bonchev–Trinajstić information content (AvgIpc) is 3.61. The van der Waals surface area contributed by atoms with Crippen LogP contribution in [0.3, 0.4) is 0 Å². The van der Waals surface area contributed by atoms with E-state index < -0.39 is 18.7 Å². The molecule has 2 saturated heterocycles. The summed E-state index contributed by atoms with van der Waals surface area (Å²) in [7, 11) is 3.54. The number of nitrogens with one attached hydrogen (secondary N) is 1. The van der Waals surface area contributed by atoms with Gasteiger partial charge in [-0.3, -0.25) is 14.6 Å². The minimum absolute atomic E-state index is 0.0145. The number of thiophene rings is 1. The van der Waals surface area contributed by atoms with Crippen molar-refractivity contribution in [1.29, 1.82) is 0 Å². The van der Waals surface area contributed by atoms with Crippen LogP contribution in [0.15, 0.2) is 24.3 Å². The molecule has 0 spiro atoms. The summed E-state index contributed by atoms with van der Waals surface area (Å²) in [4.78, 5) is 29.1. The number of carbonyl (C=O) groups is 1. The second-order valence-electron chi connectivity index (χ2n) is 13.9. The number of amides is 1. The third kappa shape index (κ3) is 8.05. The van der Waals surface area contributed by atoms with E-state index >= 15 is 0 Å². The van der Waals surface area contributed by atoms with Crippen LogP contribution in [0.4, 0.5) is 19.0 Å². The van der Waals surface area contributed by atoms with E-state index in [2.05, 4.69) is 68.6 Å². The van der Waals surface area contributed by atoms with Gasteiger partial charge < -0.3 is 19.5 Å². The van der Waals surface area contributed by atoms with Crippen LogP contribution in [0.5, 0.6) is 0 Å². The molecular formula is C36H48F3N7O2S. The number of carbonyl (C=O) groups excluding carboxylic acids is 1. The van der Waals surface area contributed by atoms with Crippen LogP contribution in [-0.2, 0) is 35.5 Å². The zero-order valence-electron chi connectivity index (χ0n) is 29.4. The highest BCUT2D eigenvalue weighted by Crippen LogP contribution is 2.34. The Morgan fingerprint density at radius 3 is 2.57 bits per heavy atom. The fourth-order valence-corrected chi connectivity index (χ4v) is 8.27. The number of ether oxygens (including phenoxy) is 1. The fraction of sp³-hybridized carbons (Fsp3) is 0.583. The Morgan fingerprint density at radius 2 is 1.88 bits per heavy atom. The molecule has 0 radical (unpaired) electrons. The van der Waals surface area contributed by atoms with Crippen molar-refractivity contribution in [3.63, 3.8) is 0 Å². The first kappa shape index (κ1) is 35.6. The lowest BCUT2D eigenvalue weighted by atomic mass is 10.0. The highest BCUT2D eigenvalue weighted by Gasteiger charge is 2.31. The van der Waals surface area contributed by atoms with Gasteiger partial charge in [-0.05, 0) is 62.9 Å². The molecule has 2 fully saturated rings. The van der Waals surface area contributed by atoms with Crippen molar-refractivity contribution >= 4 is 44.2 Å². The van der Waals surface area contributed by atoms with Gasteiger partial charge in [0.1, 0.15) is 22.6 Å². The molecule has 0 saturated carbocycles. The molecule has 2 aliphatic heterocycles. The summed E-state index contributed by atoms with van der Waals surface area (Å²) in [6.07, 6.45) is -3.16. The normalized spacial score (nSPS) is 19.2. The first-order valence-corrected chi connectivity index (χ1v) is 18.1. The molecule has 0 bridgehead atoms. The molecular weight excluding hydrogens is 652 g/mol. The van der Waals surface area contributed by atoms with Crippen LogP contribution in [-0.4, -0.2) is 106 Å². The summed E-state index contributed by atoms with van der Waals surface area (Å²) < 4.78 is 47.5. The lowest BCUT2D eigenvalue weighted by Crippen LogP contribution is -2.52. The van der Waals surface area contributed by atoms with E-state index in [-0.39, 0.29) is 22.9 Å².